The van der Waals surface area contributed by atoms with Crippen molar-refractivity contribution in [3.63, 3.8) is 0 Å². The summed E-state index contributed by atoms with van der Waals surface area (Å²) in [5.41, 5.74) is 0. The Kier molecular flexibility index (Phi) is 4.30. The van der Waals surface area contributed by atoms with E-state index < -0.39 is 0 Å². The van der Waals surface area contributed by atoms with E-state index in [9.17, 15) is 0 Å². The van der Waals surface area contributed by atoms with Crippen LogP contribution in [0.4, 0.5) is 0 Å². The van der Waals surface area contributed by atoms with E-state index in [1.165, 1.54) is 32.4 Å². The van der Waals surface area contributed by atoms with Crippen LogP contribution in [0, 0.1) is 17.8 Å². The molecule has 0 aromatic carbocycles. The topological polar surface area (TPSA) is 27.6 Å². The van der Waals surface area contributed by atoms with Crippen molar-refractivity contribution in [3.05, 3.63) is 0 Å². The van der Waals surface area contributed by atoms with Gasteiger partial charge in [0.15, 0.2) is 5.96 Å². The van der Waals surface area contributed by atoms with Crippen LogP contribution in [-0.4, -0.2) is 37.0 Å². The number of nitrogens with one attached hydrogen (secondary N) is 1. The van der Waals surface area contributed by atoms with E-state index in [1.807, 2.05) is 0 Å². The van der Waals surface area contributed by atoms with Crippen LogP contribution < -0.4 is 5.32 Å². The molecule has 1 heterocycles. The highest BCUT2D eigenvalue weighted by Gasteiger charge is 2.25. The molecular weight excluding hydrogens is 210 g/mol. The lowest BCUT2D eigenvalue weighted by Gasteiger charge is -2.37. The summed E-state index contributed by atoms with van der Waals surface area (Å²) in [5.74, 6) is 3.62. The molecule has 0 aromatic heterocycles. The van der Waals surface area contributed by atoms with E-state index in [0.717, 1.165) is 36.8 Å². The number of hydrogen-bond donors (Lipinski definition) is 1. The first kappa shape index (κ1) is 12.7. The fourth-order valence-corrected chi connectivity index (χ4v) is 2.78. The second-order valence-electron chi connectivity index (χ2n) is 5.99. The first-order valence-electron chi connectivity index (χ1n) is 7.22. The summed E-state index contributed by atoms with van der Waals surface area (Å²) in [6.45, 7) is 11.2. The SMILES string of the molecule is CCNC(=NCC1CC1)N1CC(C)CC(C)C1. The van der Waals surface area contributed by atoms with Crippen molar-refractivity contribution >= 4 is 5.96 Å². The Morgan fingerprint density at radius 3 is 2.41 bits per heavy atom. The number of hydrogen-bond acceptors (Lipinski definition) is 1. The van der Waals surface area contributed by atoms with Crippen molar-refractivity contribution in [3.8, 4) is 0 Å². The zero-order valence-electron chi connectivity index (χ0n) is 11.6. The van der Waals surface area contributed by atoms with Crippen LogP contribution in [0.2, 0.25) is 0 Å². The molecule has 3 heteroatoms. The largest absolute Gasteiger partial charge is 0.357 e. The van der Waals surface area contributed by atoms with Crippen LogP contribution >= 0.6 is 0 Å². The van der Waals surface area contributed by atoms with Gasteiger partial charge in [-0.25, -0.2) is 0 Å². The van der Waals surface area contributed by atoms with Gasteiger partial charge >= 0.3 is 0 Å². The van der Waals surface area contributed by atoms with Crippen LogP contribution in [0.5, 0.6) is 0 Å². The van der Waals surface area contributed by atoms with E-state index in [4.69, 9.17) is 4.99 Å². The summed E-state index contributed by atoms with van der Waals surface area (Å²) in [4.78, 5) is 7.26. The minimum absolute atomic E-state index is 0.795. The Morgan fingerprint density at radius 1 is 1.24 bits per heavy atom. The zero-order chi connectivity index (χ0) is 12.3. The Labute approximate surface area is 106 Å². The van der Waals surface area contributed by atoms with Crippen molar-refractivity contribution in [2.24, 2.45) is 22.7 Å². The fourth-order valence-electron chi connectivity index (χ4n) is 2.78. The zero-order valence-corrected chi connectivity index (χ0v) is 11.6. The quantitative estimate of drug-likeness (QED) is 0.602. The normalized spacial score (nSPS) is 30.5. The lowest BCUT2D eigenvalue weighted by Crippen LogP contribution is -2.48. The molecule has 17 heavy (non-hydrogen) atoms. The third kappa shape index (κ3) is 3.90. The first-order valence-corrected chi connectivity index (χ1v) is 7.22. The molecular formula is C14H27N3. The lowest BCUT2D eigenvalue weighted by atomic mass is 9.92. The van der Waals surface area contributed by atoms with Gasteiger partial charge in [0, 0.05) is 26.2 Å². The molecule has 1 aliphatic heterocycles. The van der Waals surface area contributed by atoms with Crippen LogP contribution in [0.15, 0.2) is 4.99 Å². The third-order valence-electron chi connectivity index (χ3n) is 3.70. The molecule has 1 saturated heterocycles. The summed E-state index contributed by atoms with van der Waals surface area (Å²) < 4.78 is 0. The average Bonchev–Trinajstić information content (AvgIpc) is 3.06. The van der Waals surface area contributed by atoms with Gasteiger partial charge < -0.3 is 10.2 Å². The Balaban J connectivity index is 1.95. The van der Waals surface area contributed by atoms with Crippen molar-refractivity contribution in [2.75, 3.05) is 26.2 Å². The molecule has 0 aromatic rings. The second-order valence-corrected chi connectivity index (χ2v) is 5.99. The molecule has 0 radical (unpaired) electrons. The summed E-state index contributed by atoms with van der Waals surface area (Å²) in [6, 6.07) is 0. The number of aliphatic imine (C=N–C) groups is 1. The van der Waals surface area contributed by atoms with Gasteiger partial charge in [-0.1, -0.05) is 13.8 Å². The van der Waals surface area contributed by atoms with Gasteiger partial charge in [-0.2, -0.15) is 0 Å². The minimum atomic E-state index is 0.795. The highest BCUT2D eigenvalue weighted by molar-refractivity contribution is 5.80. The van der Waals surface area contributed by atoms with Crippen molar-refractivity contribution in [1.29, 1.82) is 0 Å². The number of nitrogens with zero attached hydrogens (tertiary/aromatic N) is 2. The van der Waals surface area contributed by atoms with Crippen molar-refractivity contribution in [2.45, 2.75) is 40.0 Å². The van der Waals surface area contributed by atoms with Gasteiger partial charge in [0.05, 0.1) is 0 Å². The molecule has 0 amide bonds. The molecule has 2 aliphatic rings. The van der Waals surface area contributed by atoms with Crippen molar-refractivity contribution < 1.29 is 0 Å². The minimum Gasteiger partial charge on any atom is -0.357 e. The summed E-state index contributed by atoms with van der Waals surface area (Å²) >= 11 is 0. The average molecular weight is 237 g/mol. The molecule has 2 unspecified atom stereocenters. The molecule has 1 saturated carbocycles. The smallest absolute Gasteiger partial charge is 0.193 e. The molecule has 98 valence electrons. The van der Waals surface area contributed by atoms with Gasteiger partial charge in [0.2, 0.25) is 0 Å². The Hall–Kier alpha value is -0.730. The number of rotatable bonds is 3. The highest BCUT2D eigenvalue weighted by atomic mass is 15.3. The third-order valence-corrected chi connectivity index (χ3v) is 3.70. The molecule has 3 nitrogen and oxygen atoms in total. The molecule has 1 aliphatic carbocycles. The van der Waals surface area contributed by atoms with E-state index in [2.05, 4.69) is 31.0 Å². The molecule has 0 bridgehead atoms. The van der Waals surface area contributed by atoms with Crippen LogP contribution in [0.25, 0.3) is 0 Å². The molecule has 2 fully saturated rings. The first-order chi connectivity index (χ1) is 8.19. The van der Waals surface area contributed by atoms with Crippen LogP contribution in [-0.2, 0) is 0 Å². The maximum absolute atomic E-state index is 4.80. The molecule has 1 N–H and O–H groups in total. The summed E-state index contributed by atoms with van der Waals surface area (Å²) in [5, 5.41) is 3.45. The van der Waals surface area contributed by atoms with Gasteiger partial charge in [0.1, 0.15) is 0 Å². The number of likely N-dealkylation sites (tertiary alicyclic amines) is 1. The molecule has 2 atom stereocenters. The molecule has 2 rings (SSSR count). The summed E-state index contributed by atoms with van der Waals surface area (Å²) in [6.07, 6.45) is 4.13. The maximum Gasteiger partial charge on any atom is 0.193 e. The maximum atomic E-state index is 4.80. The fraction of sp³-hybridized carbons (Fsp3) is 0.929. The van der Waals surface area contributed by atoms with Gasteiger partial charge in [0.25, 0.3) is 0 Å². The predicted molar refractivity (Wildman–Crippen MR) is 73.2 cm³/mol. The Morgan fingerprint density at radius 2 is 1.88 bits per heavy atom. The van der Waals surface area contributed by atoms with Gasteiger partial charge in [-0.3, -0.25) is 4.99 Å². The van der Waals surface area contributed by atoms with Crippen LogP contribution in [0.3, 0.4) is 0 Å². The molecule has 0 spiro atoms. The van der Waals surface area contributed by atoms with Gasteiger partial charge in [-0.05, 0) is 43.9 Å². The predicted octanol–water partition coefficient (Wildman–Crippen LogP) is 2.34. The van der Waals surface area contributed by atoms with E-state index in [-0.39, 0.29) is 0 Å². The van der Waals surface area contributed by atoms with E-state index in [1.54, 1.807) is 0 Å². The number of guanidine groups is 1. The number of piperidine rings is 1. The van der Waals surface area contributed by atoms with Gasteiger partial charge in [-0.15, -0.1) is 0 Å². The van der Waals surface area contributed by atoms with E-state index in [0.29, 0.717) is 0 Å². The lowest BCUT2D eigenvalue weighted by molar-refractivity contribution is 0.208. The van der Waals surface area contributed by atoms with Crippen LogP contribution in [0.1, 0.15) is 40.0 Å². The Bertz CT molecular complexity index is 261. The van der Waals surface area contributed by atoms with E-state index >= 15 is 0 Å². The van der Waals surface area contributed by atoms with Crippen molar-refractivity contribution in [1.82, 2.24) is 10.2 Å². The second kappa shape index (κ2) is 5.74. The standard InChI is InChI=1S/C14H27N3/c1-4-15-14(16-8-13-5-6-13)17-9-11(2)7-12(3)10-17/h11-13H,4-10H2,1-3H3,(H,15,16). The highest BCUT2D eigenvalue weighted by Crippen LogP contribution is 2.29. The summed E-state index contributed by atoms with van der Waals surface area (Å²) in [7, 11) is 0. The monoisotopic (exact) mass is 237 g/mol.